The maximum absolute atomic E-state index is 12.0. The minimum absolute atomic E-state index is 0.160. The van der Waals surface area contributed by atoms with Crippen LogP contribution in [-0.2, 0) is 16.1 Å². The standard InChI is InChI=1S/C15H20Cl2N2O2/c1-3-21-15(20)14-10-19(7-6-18(14)2)9-11-4-5-12(16)8-13(11)17/h4-5,8,14H,3,6-7,9-10H2,1-2H3. The van der Waals surface area contributed by atoms with Crippen molar-refractivity contribution in [3.63, 3.8) is 0 Å². The average molecular weight is 331 g/mol. The Kier molecular flexibility index (Phi) is 5.88. The van der Waals surface area contributed by atoms with E-state index in [4.69, 9.17) is 27.9 Å². The van der Waals surface area contributed by atoms with Gasteiger partial charge in [-0.2, -0.15) is 0 Å². The number of rotatable bonds is 4. The van der Waals surface area contributed by atoms with Gasteiger partial charge in [0.2, 0.25) is 0 Å². The number of halogens is 2. The maximum atomic E-state index is 12.0. The van der Waals surface area contributed by atoms with E-state index in [1.165, 1.54) is 0 Å². The third kappa shape index (κ3) is 4.33. The monoisotopic (exact) mass is 330 g/mol. The summed E-state index contributed by atoms with van der Waals surface area (Å²) in [4.78, 5) is 16.2. The molecule has 116 valence electrons. The minimum Gasteiger partial charge on any atom is -0.465 e. The highest BCUT2D eigenvalue weighted by molar-refractivity contribution is 6.35. The van der Waals surface area contributed by atoms with E-state index in [1.54, 1.807) is 6.07 Å². The molecular weight excluding hydrogens is 311 g/mol. The summed E-state index contributed by atoms with van der Waals surface area (Å²) in [7, 11) is 1.95. The summed E-state index contributed by atoms with van der Waals surface area (Å²) >= 11 is 12.1. The van der Waals surface area contributed by atoms with Gasteiger partial charge in [0.05, 0.1) is 6.61 Å². The summed E-state index contributed by atoms with van der Waals surface area (Å²) in [5.74, 6) is -0.160. The molecule has 21 heavy (non-hydrogen) atoms. The number of piperazine rings is 1. The number of benzene rings is 1. The van der Waals surface area contributed by atoms with Gasteiger partial charge in [0, 0.05) is 36.2 Å². The highest BCUT2D eigenvalue weighted by Crippen LogP contribution is 2.23. The van der Waals surface area contributed by atoms with Crippen molar-refractivity contribution in [2.45, 2.75) is 19.5 Å². The summed E-state index contributed by atoms with van der Waals surface area (Å²) in [6, 6.07) is 5.30. The molecule has 1 saturated heterocycles. The van der Waals surface area contributed by atoms with E-state index < -0.39 is 0 Å². The summed E-state index contributed by atoms with van der Waals surface area (Å²) in [5, 5.41) is 1.29. The van der Waals surface area contributed by atoms with Crippen LogP contribution in [0.25, 0.3) is 0 Å². The third-order valence-electron chi connectivity index (χ3n) is 3.70. The number of hydrogen-bond acceptors (Lipinski definition) is 4. The Morgan fingerprint density at radius 2 is 2.14 bits per heavy atom. The summed E-state index contributed by atoms with van der Waals surface area (Å²) in [6.07, 6.45) is 0. The van der Waals surface area contributed by atoms with Crippen molar-refractivity contribution < 1.29 is 9.53 Å². The lowest BCUT2D eigenvalue weighted by molar-refractivity contribution is -0.151. The Bertz CT molecular complexity index is 510. The van der Waals surface area contributed by atoms with Gasteiger partial charge in [-0.3, -0.25) is 14.6 Å². The van der Waals surface area contributed by atoms with E-state index in [0.29, 0.717) is 29.7 Å². The number of carbonyl (C=O) groups is 1. The SMILES string of the molecule is CCOC(=O)C1CN(Cc2ccc(Cl)cc2Cl)CCN1C. The van der Waals surface area contributed by atoms with E-state index >= 15 is 0 Å². The largest absolute Gasteiger partial charge is 0.465 e. The van der Waals surface area contributed by atoms with Crippen LogP contribution in [-0.4, -0.2) is 55.1 Å². The van der Waals surface area contributed by atoms with Gasteiger partial charge in [-0.05, 0) is 31.7 Å². The Morgan fingerprint density at radius 1 is 1.38 bits per heavy atom. The molecule has 0 spiro atoms. The first-order valence-electron chi connectivity index (χ1n) is 7.04. The average Bonchev–Trinajstić information content (AvgIpc) is 2.44. The number of carbonyl (C=O) groups excluding carboxylic acids is 1. The Morgan fingerprint density at radius 3 is 2.81 bits per heavy atom. The second kappa shape index (κ2) is 7.45. The molecule has 0 bridgehead atoms. The molecule has 1 aliphatic rings. The summed E-state index contributed by atoms with van der Waals surface area (Å²) < 4.78 is 5.14. The van der Waals surface area contributed by atoms with E-state index in [-0.39, 0.29) is 12.0 Å². The predicted octanol–water partition coefficient (Wildman–Crippen LogP) is 2.67. The van der Waals surface area contributed by atoms with Crippen molar-refractivity contribution in [3.8, 4) is 0 Å². The molecule has 1 atom stereocenters. The lowest BCUT2D eigenvalue weighted by Crippen LogP contribution is -2.54. The van der Waals surface area contributed by atoms with Gasteiger partial charge in [0.1, 0.15) is 6.04 Å². The number of nitrogens with zero attached hydrogens (tertiary/aromatic N) is 2. The van der Waals surface area contributed by atoms with Crippen LogP contribution in [0, 0.1) is 0 Å². The van der Waals surface area contributed by atoms with Gasteiger partial charge in [0.25, 0.3) is 0 Å². The molecule has 1 heterocycles. The Hall–Kier alpha value is -0.810. The fourth-order valence-corrected chi connectivity index (χ4v) is 2.93. The Labute approximate surface area is 135 Å². The van der Waals surface area contributed by atoms with Gasteiger partial charge in [-0.1, -0.05) is 29.3 Å². The first-order chi connectivity index (χ1) is 10.0. The third-order valence-corrected chi connectivity index (χ3v) is 4.29. The van der Waals surface area contributed by atoms with Crippen molar-refractivity contribution in [2.24, 2.45) is 0 Å². The van der Waals surface area contributed by atoms with Crippen LogP contribution in [0.4, 0.5) is 0 Å². The van der Waals surface area contributed by atoms with Gasteiger partial charge in [-0.25, -0.2) is 0 Å². The fourth-order valence-electron chi connectivity index (χ4n) is 2.46. The highest BCUT2D eigenvalue weighted by atomic mass is 35.5. The minimum atomic E-state index is -0.218. The normalized spacial score (nSPS) is 20.5. The molecule has 2 rings (SSSR count). The van der Waals surface area contributed by atoms with Crippen LogP contribution < -0.4 is 0 Å². The zero-order valence-electron chi connectivity index (χ0n) is 12.3. The van der Waals surface area contributed by atoms with E-state index in [2.05, 4.69) is 4.90 Å². The van der Waals surface area contributed by atoms with Gasteiger partial charge < -0.3 is 4.74 Å². The van der Waals surface area contributed by atoms with Crippen LogP contribution in [0.3, 0.4) is 0 Å². The van der Waals surface area contributed by atoms with Crippen LogP contribution in [0.15, 0.2) is 18.2 Å². The van der Waals surface area contributed by atoms with E-state index in [0.717, 1.165) is 18.7 Å². The number of likely N-dealkylation sites (N-methyl/N-ethyl adjacent to an activating group) is 1. The molecule has 6 heteroatoms. The zero-order chi connectivity index (χ0) is 15.4. The van der Waals surface area contributed by atoms with Crippen molar-refractivity contribution in [1.82, 2.24) is 9.80 Å². The molecule has 1 aromatic carbocycles. The second-order valence-electron chi connectivity index (χ2n) is 5.22. The molecule has 1 aromatic rings. The first-order valence-corrected chi connectivity index (χ1v) is 7.80. The molecular formula is C15H20Cl2N2O2. The molecule has 4 nitrogen and oxygen atoms in total. The van der Waals surface area contributed by atoms with Gasteiger partial charge in [-0.15, -0.1) is 0 Å². The molecule has 0 aromatic heterocycles. The molecule has 1 unspecified atom stereocenters. The smallest absolute Gasteiger partial charge is 0.324 e. The lowest BCUT2D eigenvalue weighted by Gasteiger charge is -2.38. The molecule has 0 amide bonds. The molecule has 0 radical (unpaired) electrons. The van der Waals surface area contributed by atoms with E-state index in [1.807, 2.05) is 31.0 Å². The van der Waals surface area contributed by atoms with E-state index in [9.17, 15) is 4.79 Å². The summed E-state index contributed by atoms with van der Waals surface area (Å²) in [6.45, 7) is 5.31. The van der Waals surface area contributed by atoms with Gasteiger partial charge in [0.15, 0.2) is 0 Å². The zero-order valence-corrected chi connectivity index (χ0v) is 13.8. The van der Waals surface area contributed by atoms with Crippen molar-refractivity contribution in [3.05, 3.63) is 33.8 Å². The number of ether oxygens (including phenoxy) is 1. The molecule has 1 aliphatic heterocycles. The van der Waals surface area contributed by atoms with Crippen LogP contribution in [0.5, 0.6) is 0 Å². The summed E-state index contributed by atoms with van der Waals surface area (Å²) in [5.41, 5.74) is 1.02. The van der Waals surface area contributed by atoms with Crippen LogP contribution in [0.1, 0.15) is 12.5 Å². The topological polar surface area (TPSA) is 32.8 Å². The highest BCUT2D eigenvalue weighted by Gasteiger charge is 2.31. The quantitative estimate of drug-likeness (QED) is 0.794. The molecule has 0 saturated carbocycles. The second-order valence-corrected chi connectivity index (χ2v) is 6.06. The predicted molar refractivity (Wildman–Crippen MR) is 84.8 cm³/mol. The van der Waals surface area contributed by atoms with Gasteiger partial charge >= 0.3 is 5.97 Å². The van der Waals surface area contributed by atoms with Crippen molar-refractivity contribution in [1.29, 1.82) is 0 Å². The van der Waals surface area contributed by atoms with Crippen LogP contribution >= 0.6 is 23.2 Å². The number of hydrogen-bond donors (Lipinski definition) is 0. The molecule has 1 fully saturated rings. The fraction of sp³-hybridized carbons (Fsp3) is 0.533. The number of esters is 1. The molecule has 0 aliphatic carbocycles. The first kappa shape index (κ1) is 16.6. The van der Waals surface area contributed by atoms with Crippen LogP contribution in [0.2, 0.25) is 10.0 Å². The maximum Gasteiger partial charge on any atom is 0.324 e. The molecule has 0 N–H and O–H groups in total. The van der Waals surface area contributed by atoms with Crippen molar-refractivity contribution in [2.75, 3.05) is 33.3 Å². The van der Waals surface area contributed by atoms with Crippen molar-refractivity contribution >= 4 is 29.2 Å². The Balaban J connectivity index is 2.02. The lowest BCUT2D eigenvalue weighted by atomic mass is 10.1.